The van der Waals surface area contributed by atoms with Gasteiger partial charge in [0.15, 0.2) is 0 Å². The first kappa shape index (κ1) is 13.3. The van der Waals surface area contributed by atoms with E-state index in [-0.39, 0.29) is 6.42 Å². The van der Waals surface area contributed by atoms with Crippen molar-refractivity contribution in [1.82, 2.24) is 5.32 Å². The topological polar surface area (TPSA) is 49.3 Å². The van der Waals surface area contributed by atoms with Gasteiger partial charge in [-0.3, -0.25) is 4.79 Å². The molecule has 0 aliphatic heterocycles. The maximum atomic E-state index is 10.5. The Morgan fingerprint density at radius 3 is 2.53 bits per heavy atom. The molecule has 1 rings (SSSR count). The second kappa shape index (κ2) is 7.48. The van der Waals surface area contributed by atoms with Crippen LogP contribution in [0.15, 0.2) is 24.3 Å². The molecule has 0 aliphatic rings. The van der Waals surface area contributed by atoms with Gasteiger partial charge in [-0.2, -0.15) is 0 Å². The van der Waals surface area contributed by atoms with E-state index in [1.807, 2.05) is 31.2 Å². The van der Waals surface area contributed by atoms with Gasteiger partial charge < -0.3 is 10.4 Å². The number of hydrogen-bond donors (Lipinski definition) is 2. The van der Waals surface area contributed by atoms with Gasteiger partial charge in [-0.1, -0.05) is 24.3 Å². The molecule has 3 nitrogen and oxygen atoms in total. The Morgan fingerprint density at radius 1 is 1.29 bits per heavy atom. The molecule has 0 unspecified atom stereocenters. The fourth-order valence-corrected chi connectivity index (χ4v) is 1.46. The molecule has 0 atom stereocenters. The number of benzene rings is 1. The molecule has 0 heterocycles. The van der Waals surface area contributed by atoms with Gasteiger partial charge in [0.05, 0.1) is 6.42 Å². The minimum Gasteiger partial charge on any atom is -0.481 e. The van der Waals surface area contributed by atoms with Crippen LogP contribution in [0.25, 0.3) is 0 Å². The van der Waals surface area contributed by atoms with Crippen molar-refractivity contribution < 1.29 is 9.90 Å². The minimum absolute atomic E-state index is 0.0831. The lowest BCUT2D eigenvalue weighted by Gasteiger charge is -2.04. The second-order valence-corrected chi connectivity index (χ2v) is 3.74. The molecule has 17 heavy (non-hydrogen) atoms. The van der Waals surface area contributed by atoms with Crippen molar-refractivity contribution in [3.05, 3.63) is 35.4 Å². The number of hydrogen-bond acceptors (Lipinski definition) is 2. The van der Waals surface area contributed by atoms with Crippen molar-refractivity contribution in [3.8, 4) is 11.8 Å². The first-order valence-corrected chi connectivity index (χ1v) is 5.62. The number of carboxylic acids is 1. The third-order valence-electron chi connectivity index (χ3n) is 2.31. The summed E-state index contributed by atoms with van der Waals surface area (Å²) in [5.41, 5.74) is 1.99. The molecule has 0 aromatic heterocycles. The monoisotopic (exact) mass is 231 g/mol. The molecule has 0 radical (unpaired) electrons. The maximum Gasteiger partial charge on any atom is 0.307 e. The number of carboxylic acid groups (broad SMARTS) is 1. The highest BCUT2D eigenvalue weighted by atomic mass is 16.4. The number of aliphatic carboxylic acids is 1. The Hall–Kier alpha value is -1.79. The van der Waals surface area contributed by atoms with Crippen LogP contribution in [0.2, 0.25) is 0 Å². The molecule has 0 fully saturated rings. The zero-order valence-electron chi connectivity index (χ0n) is 9.99. The highest BCUT2D eigenvalue weighted by Gasteiger charge is 1.99. The van der Waals surface area contributed by atoms with Gasteiger partial charge in [0, 0.05) is 19.5 Å². The van der Waals surface area contributed by atoms with Gasteiger partial charge in [-0.15, -0.1) is 11.8 Å². The normalized spacial score (nSPS) is 9.47. The Balaban J connectivity index is 2.34. The maximum absolute atomic E-state index is 10.5. The Bertz CT molecular complexity index is 412. The van der Waals surface area contributed by atoms with E-state index < -0.39 is 5.97 Å². The lowest BCUT2D eigenvalue weighted by Crippen LogP contribution is -2.14. The van der Waals surface area contributed by atoms with E-state index in [2.05, 4.69) is 17.2 Å². The molecule has 90 valence electrons. The minimum atomic E-state index is -0.797. The summed E-state index contributed by atoms with van der Waals surface area (Å²) < 4.78 is 0. The lowest BCUT2D eigenvalue weighted by atomic mass is 10.1. The molecule has 1 aromatic carbocycles. The lowest BCUT2D eigenvalue weighted by molar-refractivity contribution is -0.136. The summed E-state index contributed by atoms with van der Waals surface area (Å²) in [6.45, 7) is 3.50. The summed E-state index contributed by atoms with van der Waals surface area (Å²) in [7, 11) is 0. The van der Waals surface area contributed by atoms with E-state index in [0.717, 1.165) is 30.6 Å². The first-order valence-electron chi connectivity index (χ1n) is 5.62. The van der Waals surface area contributed by atoms with E-state index in [4.69, 9.17) is 5.11 Å². The van der Waals surface area contributed by atoms with E-state index in [9.17, 15) is 4.79 Å². The van der Waals surface area contributed by atoms with Crippen LogP contribution in [0, 0.1) is 11.8 Å². The third kappa shape index (κ3) is 5.74. The number of rotatable bonds is 6. The zero-order valence-corrected chi connectivity index (χ0v) is 9.99. The second-order valence-electron chi connectivity index (χ2n) is 3.74. The van der Waals surface area contributed by atoms with Gasteiger partial charge in [0.2, 0.25) is 0 Å². The fraction of sp³-hybridized carbons (Fsp3) is 0.357. The zero-order chi connectivity index (χ0) is 12.5. The van der Waals surface area contributed by atoms with Crippen molar-refractivity contribution in [3.63, 3.8) is 0 Å². The molecule has 0 saturated carbocycles. The summed E-state index contributed by atoms with van der Waals surface area (Å²) in [5.74, 6) is 5.04. The molecule has 0 amide bonds. The Labute approximate surface area is 102 Å². The highest BCUT2D eigenvalue weighted by Crippen LogP contribution is 2.05. The molecule has 1 aromatic rings. The van der Waals surface area contributed by atoms with E-state index in [0.29, 0.717) is 0 Å². The van der Waals surface area contributed by atoms with Crippen LogP contribution >= 0.6 is 0 Å². The summed E-state index contributed by atoms with van der Waals surface area (Å²) in [4.78, 5) is 10.5. The molecule has 0 saturated heterocycles. The van der Waals surface area contributed by atoms with Gasteiger partial charge in [-0.25, -0.2) is 0 Å². The molecule has 3 heteroatoms. The smallest absolute Gasteiger partial charge is 0.307 e. The van der Waals surface area contributed by atoms with Crippen LogP contribution in [0.3, 0.4) is 0 Å². The van der Waals surface area contributed by atoms with Crippen LogP contribution < -0.4 is 5.32 Å². The van der Waals surface area contributed by atoms with Gasteiger partial charge in [0.1, 0.15) is 0 Å². The van der Waals surface area contributed by atoms with Crippen LogP contribution in [0.4, 0.5) is 0 Å². The van der Waals surface area contributed by atoms with Crippen LogP contribution in [-0.2, 0) is 17.8 Å². The molecular formula is C14H17NO2. The molecule has 2 N–H and O–H groups in total. The van der Waals surface area contributed by atoms with Crippen molar-refractivity contribution in [2.24, 2.45) is 0 Å². The standard InChI is InChI=1S/C14H17NO2/c1-2-3-4-9-15-11-13-7-5-12(6-8-13)10-14(16)17/h5-8,15H,4,9-11H2,1H3,(H,16,17). The fourth-order valence-electron chi connectivity index (χ4n) is 1.46. The largest absolute Gasteiger partial charge is 0.481 e. The summed E-state index contributed by atoms with van der Waals surface area (Å²) in [5, 5.41) is 11.9. The average molecular weight is 231 g/mol. The van der Waals surface area contributed by atoms with Crippen LogP contribution in [0.5, 0.6) is 0 Å². The third-order valence-corrected chi connectivity index (χ3v) is 2.31. The van der Waals surface area contributed by atoms with Crippen molar-refractivity contribution in [2.45, 2.75) is 26.3 Å². The average Bonchev–Trinajstić information content (AvgIpc) is 2.30. The van der Waals surface area contributed by atoms with Crippen LogP contribution in [-0.4, -0.2) is 17.6 Å². The SMILES string of the molecule is CC#CCCNCc1ccc(CC(=O)O)cc1. The van der Waals surface area contributed by atoms with Crippen molar-refractivity contribution >= 4 is 5.97 Å². The Morgan fingerprint density at radius 2 is 1.94 bits per heavy atom. The number of nitrogens with one attached hydrogen (secondary N) is 1. The summed E-state index contributed by atoms with van der Waals surface area (Å²) in [6.07, 6.45) is 0.938. The predicted octanol–water partition coefficient (Wildman–Crippen LogP) is 1.82. The summed E-state index contributed by atoms with van der Waals surface area (Å²) >= 11 is 0. The van der Waals surface area contributed by atoms with E-state index in [1.165, 1.54) is 0 Å². The van der Waals surface area contributed by atoms with Crippen molar-refractivity contribution in [1.29, 1.82) is 0 Å². The number of carbonyl (C=O) groups is 1. The van der Waals surface area contributed by atoms with E-state index >= 15 is 0 Å². The van der Waals surface area contributed by atoms with Gasteiger partial charge in [-0.05, 0) is 18.1 Å². The van der Waals surface area contributed by atoms with Crippen molar-refractivity contribution in [2.75, 3.05) is 6.54 Å². The first-order chi connectivity index (χ1) is 8.22. The molecule has 0 bridgehead atoms. The van der Waals surface area contributed by atoms with E-state index in [1.54, 1.807) is 0 Å². The molecular weight excluding hydrogens is 214 g/mol. The summed E-state index contributed by atoms with van der Waals surface area (Å²) in [6, 6.07) is 7.63. The van der Waals surface area contributed by atoms with Gasteiger partial charge in [0.25, 0.3) is 0 Å². The Kier molecular flexibility index (Phi) is 5.84. The van der Waals surface area contributed by atoms with Gasteiger partial charge >= 0.3 is 5.97 Å². The molecule has 0 aliphatic carbocycles. The highest BCUT2D eigenvalue weighted by molar-refractivity contribution is 5.70. The van der Waals surface area contributed by atoms with Crippen LogP contribution in [0.1, 0.15) is 24.5 Å². The predicted molar refractivity (Wildman–Crippen MR) is 67.6 cm³/mol. The molecule has 0 spiro atoms. The quantitative estimate of drug-likeness (QED) is 0.580.